The van der Waals surface area contributed by atoms with E-state index < -0.39 is 0 Å². The van der Waals surface area contributed by atoms with Crippen molar-refractivity contribution >= 4 is 27.5 Å². The van der Waals surface area contributed by atoms with Crippen molar-refractivity contribution in [2.24, 2.45) is 5.73 Å². The first kappa shape index (κ1) is 15.3. The molecule has 1 aromatic carbocycles. The predicted octanol–water partition coefficient (Wildman–Crippen LogP) is 1.25. The van der Waals surface area contributed by atoms with Gasteiger partial charge in [0.05, 0.1) is 13.2 Å². The molecule has 1 aliphatic rings. The fourth-order valence-electron chi connectivity index (χ4n) is 2.38. The van der Waals surface area contributed by atoms with Crippen LogP contribution >= 0.6 is 15.9 Å². The maximum Gasteiger partial charge on any atom is 0.245 e. The van der Waals surface area contributed by atoms with Gasteiger partial charge in [-0.05, 0) is 24.6 Å². The number of amides is 1. The van der Waals surface area contributed by atoms with E-state index in [-0.39, 0.29) is 11.9 Å². The summed E-state index contributed by atoms with van der Waals surface area (Å²) < 4.78 is 6.44. The zero-order valence-corrected chi connectivity index (χ0v) is 13.1. The monoisotopic (exact) mass is 341 g/mol. The molecule has 110 valence electrons. The van der Waals surface area contributed by atoms with Gasteiger partial charge >= 0.3 is 0 Å². The first-order chi connectivity index (χ1) is 9.67. The molecule has 1 fully saturated rings. The van der Waals surface area contributed by atoms with E-state index in [1.807, 2.05) is 25.1 Å². The minimum Gasteiger partial charge on any atom is -0.377 e. The number of nitrogens with zero attached hydrogens (tertiary/aromatic N) is 1. The maximum atomic E-state index is 12.2. The Hall–Kier alpha value is -1.11. The molecule has 1 unspecified atom stereocenters. The van der Waals surface area contributed by atoms with Gasteiger partial charge in [-0.2, -0.15) is 0 Å². The number of nitrogens with two attached hydrogens (primary N) is 1. The first-order valence-electron chi connectivity index (χ1n) is 6.78. The van der Waals surface area contributed by atoms with Gasteiger partial charge in [-0.1, -0.05) is 22.0 Å². The number of carbonyl (C=O) groups excluding carboxylic acids is 1. The van der Waals surface area contributed by atoms with Crippen molar-refractivity contribution in [2.45, 2.75) is 19.5 Å². The van der Waals surface area contributed by atoms with E-state index >= 15 is 0 Å². The molecule has 1 aromatic rings. The Morgan fingerprint density at radius 3 is 3.10 bits per heavy atom. The molecule has 20 heavy (non-hydrogen) atoms. The van der Waals surface area contributed by atoms with Gasteiger partial charge < -0.3 is 20.7 Å². The fraction of sp³-hybridized carbons (Fsp3) is 0.500. The molecule has 1 saturated heterocycles. The Balaban J connectivity index is 2.32. The average molecular weight is 342 g/mol. The number of anilines is 1. The van der Waals surface area contributed by atoms with Gasteiger partial charge in [0.2, 0.25) is 5.91 Å². The molecular weight excluding hydrogens is 322 g/mol. The molecule has 1 aliphatic heterocycles. The molecule has 0 aliphatic carbocycles. The summed E-state index contributed by atoms with van der Waals surface area (Å²) in [6, 6.07) is 5.67. The van der Waals surface area contributed by atoms with Crippen molar-refractivity contribution in [2.75, 3.05) is 31.2 Å². The molecule has 3 N–H and O–H groups in total. The van der Waals surface area contributed by atoms with Crippen LogP contribution in [0.1, 0.15) is 12.5 Å². The normalized spacial score (nSPS) is 18.9. The molecule has 5 nitrogen and oxygen atoms in total. The predicted molar refractivity (Wildman–Crippen MR) is 82.7 cm³/mol. The van der Waals surface area contributed by atoms with Gasteiger partial charge in [0.1, 0.15) is 6.04 Å². The molecule has 0 aromatic heterocycles. The Morgan fingerprint density at radius 1 is 1.60 bits per heavy atom. The molecule has 0 saturated carbocycles. The number of rotatable bonds is 4. The third kappa shape index (κ3) is 3.31. The lowest BCUT2D eigenvalue weighted by atomic mass is 10.1. The molecule has 0 radical (unpaired) electrons. The second kappa shape index (κ2) is 7.06. The largest absolute Gasteiger partial charge is 0.377 e. The van der Waals surface area contributed by atoms with Crippen molar-refractivity contribution in [3.63, 3.8) is 0 Å². The van der Waals surface area contributed by atoms with Crippen LogP contribution in [0.3, 0.4) is 0 Å². The topological polar surface area (TPSA) is 67.6 Å². The summed E-state index contributed by atoms with van der Waals surface area (Å²) in [5.74, 6) is -0.00449. The van der Waals surface area contributed by atoms with E-state index in [1.54, 1.807) is 0 Å². The summed E-state index contributed by atoms with van der Waals surface area (Å²) in [6.45, 7) is 4.68. The Morgan fingerprint density at radius 2 is 2.40 bits per heavy atom. The van der Waals surface area contributed by atoms with Crippen molar-refractivity contribution in [1.82, 2.24) is 5.32 Å². The molecule has 1 atom stereocenters. The number of nitrogens with one attached hydrogen (secondary N) is 1. The smallest absolute Gasteiger partial charge is 0.245 e. The van der Waals surface area contributed by atoms with Crippen LogP contribution in [0.15, 0.2) is 22.7 Å². The van der Waals surface area contributed by atoms with E-state index in [0.29, 0.717) is 32.8 Å². The Labute approximate surface area is 127 Å². The van der Waals surface area contributed by atoms with E-state index in [4.69, 9.17) is 10.5 Å². The zero-order chi connectivity index (χ0) is 14.5. The van der Waals surface area contributed by atoms with E-state index in [2.05, 4.69) is 26.1 Å². The van der Waals surface area contributed by atoms with Crippen molar-refractivity contribution in [3.8, 4) is 0 Å². The number of halogens is 1. The van der Waals surface area contributed by atoms with Crippen molar-refractivity contribution < 1.29 is 9.53 Å². The minimum absolute atomic E-state index is 0.00449. The summed E-state index contributed by atoms with van der Waals surface area (Å²) in [4.78, 5) is 14.3. The maximum absolute atomic E-state index is 12.2. The van der Waals surface area contributed by atoms with E-state index in [0.717, 1.165) is 15.7 Å². The van der Waals surface area contributed by atoms with Gasteiger partial charge in [-0.25, -0.2) is 0 Å². The summed E-state index contributed by atoms with van der Waals surface area (Å²) in [6.07, 6.45) is 0. The Kier molecular flexibility index (Phi) is 5.39. The number of ether oxygens (including phenoxy) is 1. The molecule has 6 heteroatoms. The fourth-order valence-corrected chi connectivity index (χ4v) is 2.73. The second-order valence-electron chi connectivity index (χ2n) is 4.66. The lowest BCUT2D eigenvalue weighted by molar-refractivity contribution is -0.124. The van der Waals surface area contributed by atoms with Crippen LogP contribution < -0.4 is 16.0 Å². The van der Waals surface area contributed by atoms with Crippen LogP contribution in [0.25, 0.3) is 0 Å². The Bertz CT molecular complexity index is 481. The number of carbonyl (C=O) groups is 1. The van der Waals surface area contributed by atoms with Gasteiger partial charge in [0, 0.05) is 29.8 Å². The third-order valence-electron chi connectivity index (χ3n) is 3.36. The van der Waals surface area contributed by atoms with Crippen LogP contribution in [0, 0.1) is 0 Å². The van der Waals surface area contributed by atoms with Crippen LogP contribution in [0.4, 0.5) is 5.69 Å². The van der Waals surface area contributed by atoms with Crippen molar-refractivity contribution in [3.05, 3.63) is 28.2 Å². The highest BCUT2D eigenvalue weighted by Gasteiger charge is 2.30. The van der Waals surface area contributed by atoms with Crippen LogP contribution in [-0.2, 0) is 16.1 Å². The molecule has 2 rings (SSSR count). The summed E-state index contributed by atoms with van der Waals surface area (Å²) in [7, 11) is 0. The lowest BCUT2D eigenvalue weighted by Gasteiger charge is -2.37. The summed E-state index contributed by atoms with van der Waals surface area (Å²) >= 11 is 3.48. The second-order valence-corrected chi connectivity index (χ2v) is 5.57. The van der Waals surface area contributed by atoms with Crippen molar-refractivity contribution in [1.29, 1.82) is 0 Å². The number of hydrogen-bond donors (Lipinski definition) is 2. The number of likely N-dealkylation sites (N-methyl/N-ethyl adjacent to an activating group) is 1. The molecular formula is C14H20BrN3O2. The molecule has 1 heterocycles. The van der Waals surface area contributed by atoms with Crippen LogP contribution in [-0.4, -0.2) is 38.3 Å². The SMILES string of the molecule is CCNC(=O)C1COCCN1c1cc(Br)ccc1CN. The van der Waals surface area contributed by atoms with Gasteiger partial charge in [0.25, 0.3) is 0 Å². The zero-order valence-electron chi connectivity index (χ0n) is 11.6. The van der Waals surface area contributed by atoms with Gasteiger partial charge in [-0.3, -0.25) is 4.79 Å². The number of hydrogen-bond acceptors (Lipinski definition) is 4. The quantitative estimate of drug-likeness (QED) is 0.864. The lowest BCUT2D eigenvalue weighted by Crippen LogP contribution is -2.54. The highest BCUT2D eigenvalue weighted by molar-refractivity contribution is 9.10. The van der Waals surface area contributed by atoms with Crippen LogP contribution in [0.5, 0.6) is 0 Å². The molecule has 0 bridgehead atoms. The summed E-state index contributed by atoms with van der Waals surface area (Å²) in [5, 5.41) is 2.86. The van der Waals surface area contributed by atoms with Gasteiger partial charge in [-0.15, -0.1) is 0 Å². The number of benzene rings is 1. The molecule has 0 spiro atoms. The molecule has 1 amide bonds. The average Bonchev–Trinajstić information content (AvgIpc) is 2.47. The highest BCUT2D eigenvalue weighted by Crippen LogP contribution is 2.28. The highest BCUT2D eigenvalue weighted by atomic mass is 79.9. The van der Waals surface area contributed by atoms with E-state index in [1.165, 1.54) is 0 Å². The summed E-state index contributed by atoms with van der Waals surface area (Å²) in [5.41, 5.74) is 7.85. The first-order valence-corrected chi connectivity index (χ1v) is 7.57. The van der Waals surface area contributed by atoms with E-state index in [9.17, 15) is 4.79 Å². The van der Waals surface area contributed by atoms with Crippen LogP contribution in [0.2, 0.25) is 0 Å². The number of morpholine rings is 1. The standard InChI is InChI=1S/C14H20BrN3O2/c1-2-17-14(19)13-9-20-6-5-18(13)12-7-11(15)4-3-10(12)8-16/h3-4,7,13H,2,5-6,8-9,16H2,1H3,(H,17,19). The third-order valence-corrected chi connectivity index (χ3v) is 3.85. The van der Waals surface area contributed by atoms with Gasteiger partial charge in [0.15, 0.2) is 0 Å². The minimum atomic E-state index is -0.303.